The van der Waals surface area contributed by atoms with Crippen LogP contribution in [-0.4, -0.2) is 79.4 Å². The highest BCUT2D eigenvalue weighted by Crippen LogP contribution is 2.37. The molecule has 3 rings (SSSR count). The normalized spacial score (nSPS) is 15.2. The molecule has 1 aliphatic heterocycles. The fraction of sp³-hybridized carbons (Fsp3) is 0.400. The molecule has 1 aliphatic rings. The fourth-order valence-electron chi connectivity index (χ4n) is 4.20. The van der Waals surface area contributed by atoms with Gasteiger partial charge < -0.3 is 42.7 Å². The number of amides is 2. The highest BCUT2D eigenvalue weighted by atomic mass is 32.2. The second-order valence-corrected chi connectivity index (χ2v) is 10.4. The summed E-state index contributed by atoms with van der Waals surface area (Å²) in [5, 5.41) is 35.1. The predicted octanol–water partition coefficient (Wildman–Crippen LogP) is 0.730. The van der Waals surface area contributed by atoms with Crippen molar-refractivity contribution in [2.75, 3.05) is 29.1 Å². The van der Waals surface area contributed by atoms with Gasteiger partial charge in [0.2, 0.25) is 11.9 Å². The first-order valence-corrected chi connectivity index (χ1v) is 13.6. The number of anilines is 3. The smallest absolute Gasteiger partial charge is 0.326 e. The number of carboxylic acid groups (broad SMARTS) is 3. The highest BCUT2D eigenvalue weighted by molar-refractivity contribution is 7.99. The lowest BCUT2D eigenvalue weighted by Gasteiger charge is -2.16. The average molecular weight is 590 g/mol. The number of carboxylic acids is 3. The number of hydrogen-bond donors (Lipinski definition) is 8. The summed E-state index contributed by atoms with van der Waals surface area (Å²) >= 11 is 1.57. The molecule has 2 aromatic rings. The van der Waals surface area contributed by atoms with Crippen molar-refractivity contribution in [3.63, 3.8) is 0 Å². The maximum absolute atomic E-state index is 12.6. The van der Waals surface area contributed by atoms with Gasteiger partial charge in [0.15, 0.2) is 0 Å². The first kappa shape index (κ1) is 30.9. The minimum Gasteiger partial charge on any atom is -0.481 e. The Bertz CT molecular complexity index is 1310. The lowest BCUT2D eigenvalue weighted by atomic mass is 10.0. The third-order valence-corrected chi connectivity index (χ3v) is 7.36. The van der Waals surface area contributed by atoms with E-state index >= 15 is 0 Å². The van der Waals surface area contributed by atoms with Gasteiger partial charge in [0.25, 0.3) is 5.91 Å². The molecule has 1 aromatic carbocycles. The molecule has 16 heteroatoms. The van der Waals surface area contributed by atoms with E-state index in [4.69, 9.17) is 21.7 Å². The van der Waals surface area contributed by atoms with E-state index in [0.29, 0.717) is 18.2 Å². The maximum Gasteiger partial charge on any atom is 0.326 e. The summed E-state index contributed by atoms with van der Waals surface area (Å²) in [6.45, 7) is 0.675. The van der Waals surface area contributed by atoms with Crippen LogP contribution in [0.1, 0.15) is 53.9 Å². The Morgan fingerprint density at radius 3 is 2.22 bits per heavy atom. The van der Waals surface area contributed by atoms with Crippen LogP contribution < -0.4 is 27.4 Å². The number of rotatable bonds is 15. The van der Waals surface area contributed by atoms with E-state index in [-0.39, 0.29) is 30.3 Å². The van der Waals surface area contributed by atoms with Gasteiger partial charge in [-0.05, 0) is 49.3 Å². The van der Waals surface area contributed by atoms with E-state index in [2.05, 4.69) is 25.9 Å². The summed E-state index contributed by atoms with van der Waals surface area (Å²) < 4.78 is 0. The third kappa shape index (κ3) is 8.96. The second-order valence-electron chi connectivity index (χ2n) is 9.26. The second kappa shape index (κ2) is 14.2. The van der Waals surface area contributed by atoms with Crippen molar-refractivity contribution in [2.24, 2.45) is 0 Å². The molecule has 0 spiro atoms. The summed E-state index contributed by atoms with van der Waals surface area (Å²) in [5.41, 5.74) is 12.7. The molecule has 10 N–H and O–H groups in total. The lowest BCUT2D eigenvalue weighted by molar-refractivity contribution is -0.143. The van der Waals surface area contributed by atoms with Gasteiger partial charge in [-0.3, -0.25) is 14.4 Å². The molecule has 2 heterocycles. The molecule has 0 bridgehead atoms. The van der Waals surface area contributed by atoms with Gasteiger partial charge in [0.05, 0.1) is 0 Å². The topological polar surface area (TPSA) is 260 Å². The van der Waals surface area contributed by atoms with Crippen molar-refractivity contribution in [1.29, 1.82) is 0 Å². The number of nitrogens with one attached hydrogen (secondary N) is 3. The summed E-state index contributed by atoms with van der Waals surface area (Å²) in [4.78, 5) is 67.4. The van der Waals surface area contributed by atoms with Crippen LogP contribution in [0.5, 0.6) is 0 Å². The Morgan fingerprint density at radius 1 is 0.951 bits per heavy atom. The molecule has 220 valence electrons. The van der Waals surface area contributed by atoms with Crippen LogP contribution in [-0.2, 0) is 19.2 Å². The van der Waals surface area contributed by atoms with Crippen molar-refractivity contribution >= 4 is 59.1 Å². The van der Waals surface area contributed by atoms with Crippen LogP contribution >= 0.6 is 11.8 Å². The standard InChI is InChI=1S/C25H31N7O8S/c26-20-19-13(11-28-21(19)32-25(27)31-20)9-10-41-14-3-1-12(2-4-14)22(36)30-16(24(39)40)5-7-17(33)29-15(23(37)38)6-8-18(34)35/h1-4,13,15-16H,5-11H2,(H,29,33)(H,30,36)(H,34,35)(H,37,38)(H,39,40)(H5,26,27,28,31,32)/t13?,15-,16-/m0/s1. The van der Waals surface area contributed by atoms with Crippen LogP contribution in [0.4, 0.5) is 17.6 Å². The Morgan fingerprint density at radius 2 is 1.59 bits per heavy atom. The fourth-order valence-corrected chi connectivity index (χ4v) is 5.16. The zero-order valence-corrected chi connectivity index (χ0v) is 22.6. The van der Waals surface area contributed by atoms with E-state index in [0.717, 1.165) is 22.6 Å². The van der Waals surface area contributed by atoms with Crippen molar-refractivity contribution in [3.8, 4) is 0 Å². The van der Waals surface area contributed by atoms with Gasteiger partial charge in [-0.1, -0.05) is 0 Å². The van der Waals surface area contributed by atoms with Crippen LogP contribution in [0.15, 0.2) is 29.2 Å². The summed E-state index contributed by atoms with van der Waals surface area (Å²) in [6.07, 6.45) is -0.682. The number of carbonyl (C=O) groups excluding carboxylic acids is 2. The Balaban J connectivity index is 1.47. The summed E-state index contributed by atoms with van der Waals surface area (Å²) in [7, 11) is 0. The van der Waals surface area contributed by atoms with E-state index in [1.54, 1.807) is 36.0 Å². The first-order chi connectivity index (χ1) is 19.4. The molecule has 15 nitrogen and oxygen atoms in total. The lowest BCUT2D eigenvalue weighted by Crippen LogP contribution is -2.44. The van der Waals surface area contributed by atoms with E-state index in [1.165, 1.54) is 0 Å². The predicted molar refractivity (Wildman–Crippen MR) is 148 cm³/mol. The van der Waals surface area contributed by atoms with Crippen molar-refractivity contribution < 1.29 is 39.3 Å². The van der Waals surface area contributed by atoms with Gasteiger partial charge in [-0.2, -0.15) is 9.97 Å². The monoisotopic (exact) mass is 589 g/mol. The minimum absolute atomic E-state index is 0.118. The van der Waals surface area contributed by atoms with Crippen LogP contribution in [0.3, 0.4) is 0 Å². The van der Waals surface area contributed by atoms with Gasteiger partial charge in [0.1, 0.15) is 23.7 Å². The van der Waals surface area contributed by atoms with Gasteiger partial charge in [-0.25, -0.2) is 9.59 Å². The molecule has 0 fully saturated rings. The molecule has 3 atom stereocenters. The van der Waals surface area contributed by atoms with Gasteiger partial charge >= 0.3 is 17.9 Å². The molecular formula is C25H31N7O8S. The number of hydrogen-bond acceptors (Lipinski definition) is 11. The zero-order chi connectivity index (χ0) is 30.1. The van der Waals surface area contributed by atoms with Crippen molar-refractivity contribution in [1.82, 2.24) is 20.6 Å². The number of benzene rings is 1. The van der Waals surface area contributed by atoms with Crippen molar-refractivity contribution in [3.05, 3.63) is 35.4 Å². The quantitative estimate of drug-likeness (QED) is 0.133. The Labute approximate surface area is 238 Å². The Hall–Kier alpha value is -4.60. The first-order valence-electron chi connectivity index (χ1n) is 12.6. The van der Waals surface area contributed by atoms with E-state index < -0.39 is 54.6 Å². The zero-order valence-electron chi connectivity index (χ0n) is 21.8. The van der Waals surface area contributed by atoms with E-state index in [1.807, 2.05) is 0 Å². The highest BCUT2D eigenvalue weighted by Gasteiger charge is 2.27. The number of carbonyl (C=O) groups is 5. The number of nitrogens with zero attached hydrogens (tertiary/aromatic N) is 2. The van der Waals surface area contributed by atoms with Gasteiger partial charge in [-0.15, -0.1) is 11.8 Å². The molecule has 41 heavy (non-hydrogen) atoms. The SMILES string of the molecule is Nc1nc(N)c2c(n1)NCC2CCSc1ccc(C(=O)N[C@@H](CCC(=O)N[C@@H](CCC(=O)O)C(=O)O)C(=O)O)cc1. The third-order valence-electron chi connectivity index (χ3n) is 6.31. The number of aliphatic carboxylic acids is 3. The molecule has 0 aliphatic carbocycles. The van der Waals surface area contributed by atoms with Gasteiger partial charge in [0, 0.05) is 41.3 Å². The molecule has 0 saturated carbocycles. The average Bonchev–Trinajstić information content (AvgIpc) is 3.31. The van der Waals surface area contributed by atoms with Crippen molar-refractivity contribution in [2.45, 2.75) is 55.0 Å². The number of fused-ring (bicyclic) bond motifs is 1. The number of nitrogens with two attached hydrogens (primary N) is 2. The summed E-state index contributed by atoms with van der Waals surface area (Å²) in [5.74, 6) is -3.39. The van der Waals surface area contributed by atoms with Crippen LogP contribution in [0.2, 0.25) is 0 Å². The summed E-state index contributed by atoms with van der Waals surface area (Å²) in [6, 6.07) is 3.77. The molecule has 0 radical (unpaired) electrons. The largest absolute Gasteiger partial charge is 0.481 e. The number of thioether (sulfide) groups is 1. The Kier molecular flexibility index (Phi) is 10.7. The maximum atomic E-state index is 12.6. The molecule has 1 unspecified atom stereocenters. The molecular weight excluding hydrogens is 558 g/mol. The molecule has 2 amide bonds. The number of nitrogen functional groups attached to an aromatic ring is 2. The molecule has 0 saturated heterocycles. The minimum atomic E-state index is -1.43. The van der Waals surface area contributed by atoms with E-state index in [9.17, 15) is 29.1 Å². The molecule has 1 aromatic heterocycles. The van der Waals surface area contributed by atoms with Crippen LogP contribution in [0, 0.1) is 0 Å². The number of aromatic nitrogens is 2. The van der Waals surface area contributed by atoms with Crippen LogP contribution in [0.25, 0.3) is 0 Å².